The number of nitrogens with one attached hydrogen (secondary N) is 1. The van der Waals surface area contributed by atoms with Crippen LogP contribution in [-0.4, -0.2) is 25.7 Å². The van der Waals surface area contributed by atoms with E-state index in [0.717, 1.165) is 6.26 Å². The molecule has 0 atom stereocenters. The summed E-state index contributed by atoms with van der Waals surface area (Å²) in [5, 5.41) is 11.8. The average Bonchev–Trinajstić information content (AvgIpc) is 2.41. The third-order valence-corrected chi connectivity index (χ3v) is 3.92. The van der Waals surface area contributed by atoms with Gasteiger partial charge in [0.05, 0.1) is 16.3 Å². The van der Waals surface area contributed by atoms with Gasteiger partial charge in [-0.05, 0) is 30.3 Å². The van der Waals surface area contributed by atoms with Gasteiger partial charge in [-0.2, -0.15) is 0 Å². The molecular weight excluding hydrogens is 292 g/mol. The summed E-state index contributed by atoms with van der Waals surface area (Å²) in [6.45, 7) is 0. The maximum Gasteiger partial charge on any atom is 0.255 e. The van der Waals surface area contributed by atoms with Crippen molar-refractivity contribution < 1.29 is 18.3 Å². The summed E-state index contributed by atoms with van der Waals surface area (Å²) >= 11 is 0. The molecule has 0 aliphatic heterocycles. The largest absolute Gasteiger partial charge is 0.508 e. The van der Waals surface area contributed by atoms with Crippen molar-refractivity contribution in [3.63, 3.8) is 0 Å². The molecule has 0 saturated carbocycles. The van der Waals surface area contributed by atoms with Gasteiger partial charge in [0.15, 0.2) is 9.84 Å². The van der Waals surface area contributed by atoms with E-state index in [2.05, 4.69) is 5.32 Å². The number of anilines is 2. The van der Waals surface area contributed by atoms with Gasteiger partial charge >= 0.3 is 0 Å². The highest BCUT2D eigenvalue weighted by atomic mass is 32.2. The number of carbonyl (C=O) groups excluding carboxylic acids is 1. The monoisotopic (exact) mass is 306 g/mol. The smallest absolute Gasteiger partial charge is 0.255 e. The third kappa shape index (κ3) is 3.51. The lowest BCUT2D eigenvalue weighted by Crippen LogP contribution is -2.13. The lowest BCUT2D eigenvalue weighted by Gasteiger charge is -2.09. The van der Waals surface area contributed by atoms with Gasteiger partial charge in [0.1, 0.15) is 5.75 Å². The minimum absolute atomic E-state index is 0.00965. The van der Waals surface area contributed by atoms with E-state index >= 15 is 0 Å². The number of rotatable bonds is 3. The molecule has 0 aromatic heterocycles. The van der Waals surface area contributed by atoms with Crippen LogP contribution in [0.25, 0.3) is 0 Å². The number of nitrogens with two attached hydrogens (primary N) is 1. The molecule has 0 unspecified atom stereocenters. The number of amides is 1. The molecule has 4 N–H and O–H groups in total. The molecule has 7 heteroatoms. The van der Waals surface area contributed by atoms with Crippen LogP contribution in [-0.2, 0) is 9.84 Å². The van der Waals surface area contributed by atoms with Crippen molar-refractivity contribution in [3.05, 3.63) is 48.0 Å². The number of hydrogen-bond donors (Lipinski definition) is 3. The molecule has 21 heavy (non-hydrogen) atoms. The normalized spacial score (nSPS) is 11.1. The van der Waals surface area contributed by atoms with Gasteiger partial charge in [0.25, 0.3) is 5.91 Å². The molecule has 0 bridgehead atoms. The molecule has 2 aromatic carbocycles. The van der Waals surface area contributed by atoms with Crippen molar-refractivity contribution in [1.82, 2.24) is 0 Å². The molecule has 0 aliphatic rings. The van der Waals surface area contributed by atoms with Crippen molar-refractivity contribution in [3.8, 4) is 5.75 Å². The molecule has 6 nitrogen and oxygen atoms in total. The summed E-state index contributed by atoms with van der Waals surface area (Å²) in [5.41, 5.74) is 6.42. The Labute approximate surface area is 122 Å². The van der Waals surface area contributed by atoms with Crippen LogP contribution in [0.1, 0.15) is 10.4 Å². The van der Waals surface area contributed by atoms with Gasteiger partial charge in [0.2, 0.25) is 0 Å². The molecule has 110 valence electrons. The van der Waals surface area contributed by atoms with Crippen LogP contribution in [0.3, 0.4) is 0 Å². The lowest BCUT2D eigenvalue weighted by atomic mass is 10.2. The average molecular weight is 306 g/mol. The lowest BCUT2D eigenvalue weighted by molar-refractivity contribution is 0.102. The van der Waals surface area contributed by atoms with E-state index in [1.165, 1.54) is 42.5 Å². The minimum atomic E-state index is -3.38. The maximum absolute atomic E-state index is 12.1. The Kier molecular flexibility index (Phi) is 3.86. The van der Waals surface area contributed by atoms with Gasteiger partial charge < -0.3 is 16.2 Å². The van der Waals surface area contributed by atoms with Crippen LogP contribution >= 0.6 is 0 Å². The van der Waals surface area contributed by atoms with Crippen molar-refractivity contribution in [2.24, 2.45) is 0 Å². The topological polar surface area (TPSA) is 109 Å². The number of phenolic OH excluding ortho intramolecular Hbond substituents is 1. The number of sulfone groups is 1. The maximum atomic E-state index is 12.1. The predicted octanol–water partition coefficient (Wildman–Crippen LogP) is 1.63. The molecular formula is C14H14N2O4S. The fraction of sp³-hybridized carbons (Fsp3) is 0.0714. The number of benzene rings is 2. The van der Waals surface area contributed by atoms with Crippen molar-refractivity contribution in [2.75, 3.05) is 17.3 Å². The fourth-order valence-corrected chi connectivity index (χ4v) is 2.39. The van der Waals surface area contributed by atoms with E-state index in [4.69, 9.17) is 5.73 Å². The zero-order chi connectivity index (χ0) is 15.6. The molecule has 0 saturated heterocycles. The van der Waals surface area contributed by atoms with Crippen LogP contribution in [0.15, 0.2) is 47.4 Å². The third-order valence-electron chi connectivity index (χ3n) is 2.81. The second kappa shape index (κ2) is 5.45. The Morgan fingerprint density at radius 2 is 1.90 bits per heavy atom. The number of phenols is 1. The van der Waals surface area contributed by atoms with E-state index in [9.17, 15) is 18.3 Å². The van der Waals surface area contributed by atoms with Crippen LogP contribution in [0.2, 0.25) is 0 Å². The summed E-state index contributed by atoms with van der Waals surface area (Å²) < 4.78 is 23.0. The van der Waals surface area contributed by atoms with Crippen molar-refractivity contribution >= 4 is 27.1 Å². The van der Waals surface area contributed by atoms with Gasteiger partial charge in [-0.25, -0.2) is 8.42 Å². The summed E-state index contributed by atoms with van der Waals surface area (Å²) in [7, 11) is -3.38. The van der Waals surface area contributed by atoms with Gasteiger partial charge in [-0.1, -0.05) is 6.07 Å². The summed E-state index contributed by atoms with van der Waals surface area (Å²) in [5.74, 6) is -0.498. The summed E-state index contributed by atoms with van der Waals surface area (Å²) in [6.07, 6.45) is 1.07. The molecule has 0 radical (unpaired) electrons. The molecule has 1 amide bonds. The molecule has 2 rings (SSSR count). The van der Waals surface area contributed by atoms with E-state index < -0.39 is 15.7 Å². The Bertz CT molecular complexity index is 800. The van der Waals surface area contributed by atoms with Crippen LogP contribution in [0.4, 0.5) is 11.4 Å². The molecule has 2 aromatic rings. The summed E-state index contributed by atoms with van der Waals surface area (Å²) in [6, 6.07) is 9.86. The Balaban J connectivity index is 2.29. The Morgan fingerprint density at radius 3 is 2.52 bits per heavy atom. The van der Waals surface area contributed by atoms with E-state index in [-0.39, 0.29) is 21.9 Å². The molecule has 0 spiro atoms. The number of nitrogen functional groups attached to an aromatic ring is 1. The summed E-state index contributed by atoms with van der Waals surface area (Å²) in [4.78, 5) is 12.2. The molecule has 0 heterocycles. The Hall–Kier alpha value is -2.54. The zero-order valence-electron chi connectivity index (χ0n) is 11.2. The van der Waals surface area contributed by atoms with Gasteiger partial charge in [-0.15, -0.1) is 0 Å². The predicted molar refractivity (Wildman–Crippen MR) is 80.0 cm³/mol. The second-order valence-corrected chi connectivity index (χ2v) is 6.54. The van der Waals surface area contributed by atoms with Crippen molar-refractivity contribution in [2.45, 2.75) is 4.90 Å². The first-order chi connectivity index (χ1) is 9.77. The zero-order valence-corrected chi connectivity index (χ0v) is 12.0. The quantitative estimate of drug-likeness (QED) is 0.590. The van der Waals surface area contributed by atoms with E-state index in [1.807, 2.05) is 0 Å². The Morgan fingerprint density at radius 1 is 1.19 bits per heavy atom. The van der Waals surface area contributed by atoms with Crippen LogP contribution in [0, 0.1) is 0 Å². The van der Waals surface area contributed by atoms with E-state index in [1.54, 1.807) is 0 Å². The number of aromatic hydroxyl groups is 1. The fourth-order valence-electron chi connectivity index (χ4n) is 1.73. The standard InChI is InChI=1S/C14H14N2O4S/c1-21(19,20)11-4-2-3-9(7-11)14(18)16-13-6-5-10(17)8-12(13)15/h2-8,17H,15H2,1H3,(H,16,18). The highest BCUT2D eigenvalue weighted by Gasteiger charge is 2.12. The molecule has 0 fully saturated rings. The second-order valence-electron chi connectivity index (χ2n) is 4.53. The van der Waals surface area contributed by atoms with E-state index in [0.29, 0.717) is 5.69 Å². The minimum Gasteiger partial charge on any atom is -0.508 e. The highest BCUT2D eigenvalue weighted by molar-refractivity contribution is 7.90. The SMILES string of the molecule is CS(=O)(=O)c1cccc(C(=O)Nc2ccc(O)cc2N)c1. The molecule has 0 aliphatic carbocycles. The van der Waals surface area contributed by atoms with Crippen LogP contribution in [0.5, 0.6) is 5.75 Å². The highest BCUT2D eigenvalue weighted by Crippen LogP contribution is 2.24. The number of hydrogen-bond acceptors (Lipinski definition) is 5. The number of carbonyl (C=O) groups is 1. The first kappa shape index (κ1) is 14.9. The first-order valence-electron chi connectivity index (χ1n) is 5.97. The van der Waals surface area contributed by atoms with Gasteiger partial charge in [0, 0.05) is 17.9 Å². The van der Waals surface area contributed by atoms with Crippen molar-refractivity contribution in [1.29, 1.82) is 0 Å². The first-order valence-corrected chi connectivity index (χ1v) is 7.86. The van der Waals surface area contributed by atoms with Crippen LogP contribution < -0.4 is 11.1 Å². The van der Waals surface area contributed by atoms with Gasteiger partial charge in [-0.3, -0.25) is 4.79 Å².